The van der Waals surface area contributed by atoms with Crippen LogP contribution in [0.3, 0.4) is 0 Å². The van der Waals surface area contributed by atoms with Crippen molar-refractivity contribution in [1.29, 1.82) is 0 Å². The minimum atomic E-state index is -0.671. The maximum atomic E-state index is 13.6. The molecule has 0 aliphatic heterocycles. The molecular formula is C18H20F2O. The molecule has 1 unspecified atom stereocenters. The Hall–Kier alpha value is -1.90. The summed E-state index contributed by atoms with van der Waals surface area (Å²) in [5, 5.41) is 0. The van der Waals surface area contributed by atoms with E-state index in [1.165, 1.54) is 18.2 Å². The molecular weight excluding hydrogens is 270 g/mol. The Balaban J connectivity index is 2.22. The highest BCUT2D eigenvalue weighted by Gasteiger charge is 2.27. The first-order valence-electron chi connectivity index (χ1n) is 7.01. The smallest absolute Gasteiger partial charge is 0.190 e. The number of hydrogen-bond acceptors (Lipinski definition) is 1. The van der Waals surface area contributed by atoms with Crippen LogP contribution in [0.5, 0.6) is 5.75 Å². The number of rotatable bonds is 4. The minimum absolute atomic E-state index is 0.0395. The molecule has 0 heterocycles. The predicted molar refractivity (Wildman–Crippen MR) is 80.5 cm³/mol. The fraction of sp³-hybridized carbons (Fsp3) is 0.333. The third kappa shape index (κ3) is 3.81. The van der Waals surface area contributed by atoms with E-state index in [2.05, 4.69) is 20.8 Å². The summed E-state index contributed by atoms with van der Waals surface area (Å²) < 4.78 is 32.7. The number of halogens is 2. The summed E-state index contributed by atoms with van der Waals surface area (Å²) in [6.45, 7) is 6.49. The lowest BCUT2D eigenvalue weighted by molar-refractivity contribution is 0.191. The highest BCUT2D eigenvalue weighted by atomic mass is 19.1. The van der Waals surface area contributed by atoms with Crippen molar-refractivity contribution in [2.24, 2.45) is 5.41 Å². The van der Waals surface area contributed by atoms with Crippen LogP contribution in [-0.2, 0) is 0 Å². The van der Waals surface area contributed by atoms with Crippen LogP contribution in [0.2, 0.25) is 0 Å². The number of benzene rings is 2. The first-order valence-corrected chi connectivity index (χ1v) is 7.01. The number of ether oxygens (including phenoxy) is 1. The zero-order valence-electron chi connectivity index (χ0n) is 12.6. The van der Waals surface area contributed by atoms with Crippen molar-refractivity contribution in [3.8, 4) is 5.75 Å². The van der Waals surface area contributed by atoms with Gasteiger partial charge in [0.05, 0.1) is 6.61 Å². The first kappa shape index (κ1) is 15.5. The Labute approximate surface area is 124 Å². The summed E-state index contributed by atoms with van der Waals surface area (Å²) >= 11 is 0. The quantitative estimate of drug-likeness (QED) is 0.754. The van der Waals surface area contributed by atoms with Gasteiger partial charge in [0, 0.05) is 5.92 Å². The van der Waals surface area contributed by atoms with Crippen LogP contribution in [0, 0.1) is 17.0 Å². The van der Waals surface area contributed by atoms with E-state index >= 15 is 0 Å². The van der Waals surface area contributed by atoms with Crippen molar-refractivity contribution < 1.29 is 13.5 Å². The van der Waals surface area contributed by atoms with Crippen LogP contribution in [0.1, 0.15) is 32.3 Å². The molecule has 2 aromatic carbocycles. The summed E-state index contributed by atoms with van der Waals surface area (Å²) in [4.78, 5) is 0. The van der Waals surface area contributed by atoms with Gasteiger partial charge in [0.2, 0.25) is 0 Å². The minimum Gasteiger partial charge on any atom is -0.487 e. The van der Waals surface area contributed by atoms with Gasteiger partial charge >= 0.3 is 0 Å². The lowest BCUT2D eigenvalue weighted by Crippen LogP contribution is -2.25. The van der Waals surface area contributed by atoms with E-state index in [1.807, 2.05) is 30.3 Å². The molecule has 0 bridgehead atoms. The molecule has 0 radical (unpaired) electrons. The lowest BCUT2D eigenvalue weighted by Gasteiger charge is -2.31. The summed E-state index contributed by atoms with van der Waals surface area (Å²) in [5.74, 6) is -1.60. The summed E-state index contributed by atoms with van der Waals surface area (Å²) in [6, 6.07) is 13.6. The van der Waals surface area contributed by atoms with E-state index < -0.39 is 11.6 Å². The van der Waals surface area contributed by atoms with Gasteiger partial charge in [0.1, 0.15) is 0 Å². The van der Waals surface area contributed by atoms with Gasteiger partial charge < -0.3 is 4.74 Å². The molecule has 2 rings (SSSR count). The van der Waals surface area contributed by atoms with Crippen molar-refractivity contribution in [1.82, 2.24) is 0 Å². The Kier molecular flexibility index (Phi) is 4.61. The number of para-hydroxylation sites is 1. The maximum absolute atomic E-state index is 13.6. The second kappa shape index (κ2) is 6.25. The van der Waals surface area contributed by atoms with Gasteiger partial charge in [-0.3, -0.25) is 0 Å². The average Bonchev–Trinajstić information content (AvgIpc) is 2.42. The third-order valence-electron chi connectivity index (χ3n) is 3.56. The van der Waals surface area contributed by atoms with E-state index in [4.69, 9.17) is 4.74 Å². The standard InChI is InChI=1S/C18H20F2O/c1-18(2,3)14(13-8-5-4-6-9-13)12-21-17-15(19)10-7-11-16(17)20/h4-11,14H,12H2,1-3H3. The summed E-state index contributed by atoms with van der Waals surface area (Å²) in [5.41, 5.74) is 1.02. The van der Waals surface area contributed by atoms with Crippen molar-refractivity contribution in [3.05, 3.63) is 65.7 Å². The van der Waals surface area contributed by atoms with Crippen molar-refractivity contribution in [2.45, 2.75) is 26.7 Å². The van der Waals surface area contributed by atoms with Crippen LogP contribution in [0.25, 0.3) is 0 Å². The highest BCUT2D eigenvalue weighted by Crippen LogP contribution is 2.36. The van der Waals surface area contributed by atoms with Gasteiger partial charge in [-0.05, 0) is 23.1 Å². The first-order chi connectivity index (χ1) is 9.89. The van der Waals surface area contributed by atoms with E-state index in [1.54, 1.807) is 0 Å². The van der Waals surface area contributed by atoms with Crippen LogP contribution < -0.4 is 4.74 Å². The summed E-state index contributed by atoms with van der Waals surface area (Å²) in [6.07, 6.45) is 0. The Bertz CT molecular complexity index is 568. The predicted octanol–water partition coefficient (Wildman–Crippen LogP) is 5.17. The highest BCUT2D eigenvalue weighted by molar-refractivity contribution is 5.27. The second-order valence-corrected chi connectivity index (χ2v) is 6.19. The zero-order valence-corrected chi connectivity index (χ0v) is 12.6. The Morgan fingerprint density at radius 3 is 2.00 bits per heavy atom. The van der Waals surface area contributed by atoms with Gasteiger partial charge in [-0.1, -0.05) is 57.2 Å². The molecule has 112 valence electrons. The SMILES string of the molecule is CC(C)(C)C(COc1c(F)cccc1F)c1ccccc1. The molecule has 2 aromatic rings. The molecule has 0 spiro atoms. The molecule has 0 amide bonds. The normalized spacial score (nSPS) is 13.0. The molecule has 1 nitrogen and oxygen atoms in total. The average molecular weight is 290 g/mol. The third-order valence-corrected chi connectivity index (χ3v) is 3.56. The van der Waals surface area contributed by atoms with Gasteiger partial charge in [-0.15, -0.1) is 0 Å². The van der Waals surface area contributed by atoms with Crippen LogP contribution in [-0.4, -0.2) is 6.61 Å². The molecule has 0 aliphatic rings. The van der Waals surface area contributed by atoms with Crippen molar-refractivity contribution >= 4 is 0 Å². The fourth-order valence-corrected chi connectivity index (χ4v) is 2.32. The molecule has 21 heavy (non-hydrogen) atoms. The maximum Gasteiger partial charge on any atom is 0.190 e. The summed E-state index contributed by atoms with van der Waals surface area (Å²) in [7, 11) is 0. The van der Waals surface area contributed by atoms with E-state index in [0.717, 1.165) is 5.56 Å². The van der Waals surface area contributed by atoms with Crippen molar-refractivity contribution in [3.63, 3.8) is 0 Å². The van der Waals surface area contributed by atoms with Crippen LogP contribution in [0.4, 0.5) is 8.78 Å². The molecule has 1 atom stereocenters. The number of hydrogen-bond donors (Lipinski definition) is 0. The second-order valence-electron chi connectivity index (χ2n) is 6.19. The molecule has 0 N–H and O–H groups in total. The molecule has 3 heteroatoms. The van der Waals surface area contributed by atoms with Crippen molar-refractivity contribution in [2.75, 3.05) is 6.61 Å². The fourth-order valence-electron chi connectivity index (χ4n) is 2.32. The largest absolute Gasteiger partial charge is 0.487 e. The Morgan fingerprint density at radius 1 is 0.905 bits per heavy atom. The van der Waals surface area contributed by atoms with E-state index in [-0.39, 0.29) is 23.7 Å². The molecule has 0 aromatic heterocycles. The Morgan fingerprint density at radius 2 is 1.48 bits per heavy atom. The molecule has 0 aliphatic carbocycles. The lowest BCUT2D eigenvalue weighted by atomic mass is 9.77. The monoisotopic (exact) mass is 290 g/mol. The van der Waals surface area contributed by atoms with Gasteiger partial charge in [-0.25, -0.2) is 8.78 Å². The molecule has 0 saturated heterocycles. The van der Waals surface area contributed by atoms with Gasteiger partial charge in [0.25, 0.3) is 0 Å². The van der Waals surface area contributed by atoms with Gasteiger partial charge in [0.15, 0.2) is 17.4 Å². The molecule has 0 saturated carbocycles. The van der Waals surface area contributed by atoms with E-state index in [9.17, 15) is 8.78 Å². The zero-order chi connectivity index (χ0) is 15.5. The van der Waals surface area contributed by atoms with Crippen LogP contribution >= 0.6 is 0 Å². The molecule has 0 fully saturated rings. The van der Waals surface area contributed by atoms with Crippen LogP contribution in [0.15, 0.2) is 48.5 Å². The topological polar surface area (TPSA) is 9.23 Å². The van der Waals surface area contributed by atoms with E-state index in [0.29, 0.717) is 0 Å². The van der Waals surface area contributed by atoms with Gasteiger partial charge in [-0.2, -0.15) is 0 Å².